The molecule has 0 saturated carbocycles. The van der Waals surface area contributed by atoms with E-state index >= 15 is 0 Å². The Hall–Kier alpha value is -0.610. The van der Waals surface area contributed by atoms with Crippen molar-refractivity contribution in [2.24, 2.45) is 0 Å². The number of nitrogens with zero attached hydrogens (tertiary/aromatic N) is 1. The van der Waals surface area contributed by atoms with E-state index in [1.807, 2.05) is 0 Å². The largest absolute Gasteiger partial charge is 0.387 e. The number of aliphatic hydroxyl groups is 1. The highest BCUT2D eigenvalue weighted by atomic mass is 32.2. The average Bonchev–Trinajstić information content (AvgIpc) is 2.18. The van der Waals surface area contributed by atoms with Gasteiger partial charge < -0.3 is 5.11 Å². The van der Waals surface area contributed by atoms with E-state index < -0.39 is 11.9 Å². The Kier molecular flexibility index (Phi) is 4.90. The number of hydrogen-bond donors (Lipinski definition) is 1. The summed E-state index contributed by atoms with van der Waals surface area (Å²) in [7, 11) is 0. The van der Waals surface area contributed by atoms with Crippen molar-refractivity contribution in [2.45, 2.75) is 19.4 Å². The molecule has 1 rings (SSSR count). The van der Waals surface area contributed by atoms with Gasteiger partial charge in [0.2, 0.25) is 0 Å². The first kappa shape index (κ1) is 11.5. The molecule has 0 aliphatic carbocycles. The van der Waals surface area contributed by atoms with Gasteiger partial charge in [-0.25, -0.2) is 4.39 Å². The van der Waals surface area contributed by atoms with Crippen molar-refractivity contribution in [2.75, 3.05) is 11.5 Å². The van der Waals surface area contributed by atoms with Crippen molar-refractivity contribution >= 4 is 11.8 Å². The van der Waals surface area contributed by atoms with Crippen molar-refractivity contribution in [1.82, 2.24) is 4.98 Å². The van der Waals surface area contributed by atoms with E-state index in [0.717, 1.165) is 18.4 Å². The third kappa shape index (κ3) is 3.27. The van der Waals surface area contributed by atoms with Crippen molar-refractivity contribution in [3.63, 3.8) is 0 Å². The highest BCUT2D eigenvalue weighted by molar-refractivity contribution is 7.99. The van der Waals surface area contributed by atoms with Crippen LogP contribution in [0.5, 0.6) is 0 Å². The maximum absolute atomic E-state index is 13.1. The quantitative estimate of drug-likeness (QED) is 0.766. The van der Waals surface area contributed by atoms with Crippen LogP contribution in [-0.2, 0) is 0 Å². The Labute approximate surface area is 87.6 Å². The number of aliphatic hydroxyl groups excluding tert-OH is 1. The minimum absolute atomic E-state index is 0.337. The minimum atomic E-state index is -0.727. The highest BCUT2D eigenvalue weighted by Crippen LogP contribution is 2.20. The lowest BCUT2D eigenvalue weighted by molar-refractivity contribution is 0.198. The third-order valence-corrected chi connectivity index (χ3v) is 3.04. The van der Waals surface area contributed by atoms with E-state index in [1.54, 1.807) is 11.8 Å². The highest BCUT2D eigenvalue weighted by Gasteiger charge is 2.11. The van der Waals surface area contributed by atoms with Gasteiger partial charge in [-0.15, -0.1) is 0 Å². The number of thioether (sulfide) groups is 1. The molecule has 1 N–H and O–H groups in total. The van der Waals surface area contributed by atoms with Crippen LogP contribution in [0.2, 0.25) is 0 Å². The average molecular weight is 215 g/mol. The molecule has 0 aliphatic rings. The Morgan fingerprint density at radius 1 is 1.64 bits per heavy atom. The molecule has 1 unspecified atom stereocenters. The van der Waals surface area contributed by atoms with E-state index in [0.29, 0.717) is 11.3 Å². The van der Waals surface area contributed by atoms with Crippen LogP contribution in [0.25, 0.3) is 0 Å². The van der Waals surface area contributed by atoms with Crippen molar-refractivity contribution in [3.05, 3.63) is 29.8 Å². The fourth-order valence-corrected chi connectivity index (χ4v) is 1.94. The molecule has 0 saturated heterocycles. The molecule has 1 heterocycles. The second-order valence-corrected chi connectivity index (χ2v) is 4.14. The third-order valence-electron chi connectivity index (χ3n) is 1.79. The monoisotopic (exact) mass is 215 g/mol. The maximum Gasteiger partial charge on any atom is 0.147 e. The van der Waals surface area contributed by atoms with Gasteiger partial charge in [0, 0.05) is 17.5 Å². The first-order valence-electron chi connectivity index (χ1n) is 4.61. The SMILES string of the molecule is CCCSCC(O)c1ccncc1F. The lowest BCUT2D eigenvalue weighted by Crippen LogP contribution is -2.04. The van der Waals surface area contributed by atoms with Gasteiger partial charge in [-0.2, -0.15) is 11.8 Å². The van der Waals surface area contributed by atoms with E-state index in [4.69, 9.17) is 0 Å². The maximum atomic E-state index is 13.1. The summed E-state index contributed by atoms with van der Waals surface area (Å²) >= 11 is 1.63. The summed E-state index contributed by atoms with van der Waals surface area (Å²) in [6, 6.07) is 1.52. The second-order valence-electron chi connectivity index (χ2n) is 2.99. The summed E-state index contributed by atoms with van der Waals surface area (Å²) in [5.41, 5.74) is 0.337. The molecule has 1 aromatic heterocycles. The molecule has 0 radical (unpaired) electrons. The number of pyridine rings is 1. The molecular weight excluding hydrogens is 201 g/mol. The zero-order valence-electron chi connectivity index (χ0n) is 8.11. The van der Waals surface area contributed by atoms with Crippen LogP contribution in [0.15, 0.2) is 18.5 Å². The van der Waals surface area contributed by atoms with E-state index in [1.165, 1.54) is 12.3 Å². The summed E-state index contributed by atoms with van der Waals surface area (Å²) in [5.74, 6) is 1.09. The molecule has 0 amide bonds. The minimum Gasteiger partial charge on any atom is -0.387 e. The van der Waals surface area contributed by atoms with E-state index in [-0.39, 0.29) is 0 Å². The van der Waals surface area contributed by atoms with E-state index in [9.17, 15) is 9.50 Å². The molecular formula is C10H14FNOS. The van der Waals surface area contributed by atoms with Gasteiger partial charge in [-0.05, 0) is 18.2 Å². The first-order chi connectivity index (χ1) is 6.75. The van der Waals surface area contributed by atoms with Crippen LogP contribution in [0.3, 0.4) is 0 Å². The predicted molar refractivity (Wildman–Crippen MR) is 56.8 cm³/mol. The molecule has 1 aromatic rings. The Morgan fingerprint density at radius 2 is 2.43 bits per heavy atom. The van der Waals surface area contributed by atoms with Gasteiger partial charge in [0.1, 0.15) is 5.82 Å². The molecule has 0 spiro atoms. The van der Waals surface area contributed by atoms with E-state index in [2.05, 4.69) is 11.9 Å². The summed E-state index contributed by atoms with van der Waals surface area (Å²) < 4.78 is 13.1. The van der Waals surface area contributed by atoms with Crippen LogP contribution in [0, 0.1) is 5.82 Å². The molecule has 4 heteroatoms. The van der Waals surface area contributed by atoms with Crippen molar-refractivity contribution < 1.29 is 9.50 Å². The molecule has 0 aliphatic heterocycles. The molecule has 0 aromatic carbocycles. The molecule has 0 bridgehead atoms. The van der Waals surface area contributed by atoms with Crippen molar-refractivity contribution in [3.8, 4) is 0 Å². The number of hydrogen-bond acceptors (Lipinski definition) is 3. The van der Waals surface area contributed by atoms with Crippen LogP contribution in [0.4, 0.5) is 4.39 Å². The van der Waals surface area contributed by atoms with Gasteiger partial charge in [-0.1, -0.05) is 6.92 Å². The Bertz CT molecular complexity index is 283. The van der Waals surface area contributed by atoms with Gasteiger partial charge in [0.15, 0.2) is 0 Å². The van der Waals surface area contributed by atoms with Crippen LogP contribution in [0.1, 0.15) is 25.0 Å². The fraction of sp³-hybridized carbons (Fsp3) is 0.500. The first-order valence-corrected chi connectivity index (χ1v) is 5.76. The molecule has 1 atom stereocenters. The van der Waals surface area contributed by atoms with Gasteiger partial charge in [0.05, 0.1) is 12.3 Å². The summed E-state index contributed by atoms with van der Waals surface area (Å²) in [4.78, 5) is 3.63. The van der Waals surface area contributed by atoms with Crippen LogP contribution >= 0.6 is 11.8 Å². The van der Waals surface area contributed by atoms with Crippen molar-refractivity contribution in [1.29, 1.82) is 0 Å². The summed E-state index contributed by atoms with van der Waals surface area (Å²) in [6.45, 7) is 2.08. The molecule has 14 heavy (non-hydrogen) atoms. The van der Waals surface area contributed by atoms with Crippen LogP contribution in [-0.4, -0.2) is 21.6 Å². The zero-order valence-corrected chi connectivity index (χ0v) is 8.93. The van der Waals surface area contributed by atoms with Gasteiger partial charge >= 0.3 is 0 Å². The van der Waals surface area contributed by atoms with Gasteiger partial charge in [-0.3, -0.25) is 4.98 Å². The zero-order chi connectivity index (χ0) is 10.4. The van der Waals surface area contributed by atoms with Gasteiger partial charge in [0.25, 0.3) is 0 Å². The summed E-state index contributed by atoms with van der Waals surface area (Å²) in [5, 5.41) is 9.64. The van der Waals surface area contributed by atoms with Crippen LogP contribution < -0.4 is 0 Å². The summed E-state index contributed by atoms with van der Waals surface area (Å²) in [6.07, 6.45) is 2.96. The number of halogens is 1. The topological polar surface area (TPSA) is 33.1 Å². The Balaban J connectivity index is 2.51. The lowest BCUT2D eigenvalue weighted by Gasteiger charge is -2.10. The number of rotatable bonds is 5. The standard InChI is InChI=1S/C10H14FNOS/c1-2-5-14-7-10(13)8-3-4-12-6-9(8)11/h3-4,6,10,13H,2,5,7H2,1H3. The normalized spacial score (nSPS) is 12.8. The number of aromatic nitrogens is 1. The fourth-order valence-electron chi connectivity index (χ4n) is 1.09. The Morgan fingerprint density at radius 3 is 3.07 bits per heavy atom. The smallest absolute Gasteiger partial charge is 0.147 e. The molecule has 78 valence electrons. The predicted octanol–water partition coefficient (Wildman–Crippen LogP) is 2.40. The molecule has 2 nitrogen and oxygen atoms in total. The molecule has 0 fully saturated rings. The second kappa shape index (κ2) is 5.98. The lowest BCUT2D eigenvalue weighted by atomic mass is 10.2.